The van der Waals surface area contributed by atoms with Gasteiger partial charge in [-0.3, -0.25) is 4.79 Å². The summed E-state index contributed by atoms with van der Waals surface area (Å²) in [6, 6.07) is 0. The van der Waals surface area contributed by atoms with Gasteiger partial charge in [-0.15, -0.1) is 0 Å². The number of amidine groups is 1. The lowest BCUT2D eigenvalue weighted by Gasteiger charge is -2.61. The molecule has 3 N–H and O–H groups in total. The zero-order valence-electron chi connectivity index (χ0n) is 13.1. The van der Waals surface area contributed by atoms with Gasteiger partial charge in [0.15, 0.2) is 0 Å². The minimum absolute atomic E-state index is 0.126. The highest BCUT2D eigenvalue weighted by molar-refractivity contribution is 5.84. The number of nitrogens with two attached hydrogens (primary N) is 1. The van der Waals surface area contributed by atoms with E-state index in [-0.39, 0.29) is 17.2 Å². The van der Waals surface area contributed by atoms with E-state index in [1.165, 1.54) is 19.3 Å². The van der Waals surface area contributed by atoms with Crippen LogP contribution in [-0.4, -0.2) is 35.4 Å². The Kier molecular flexibility index (Phi) is 3.41. The molecule has 2 atom stereocenters. The van der Waals surface area contributed by atoms with Gasteiger partial charge < -0.3 is 15.8 Å². The predicted octanol–water partition coefficient (Wildman–Crippen LogP) is 2.19. The van der Waals surface area contributed by atoms with Crippen LogP contribution in [0.4, 0.5) is 0 Å². The third kappa shape index (κ3) is 2.51. The number of hydrogen-bond donors (Lipinski definition) is 2. The maximum Gasteiger partial charge on any atom is 0.228 e. The van der Waals surface area contributed by atoms with Gasteiger partial charge in [-0.2, -0.15) is 0 Å². The molecule has 118 valence electrons. The van der Waals surface area contributed by atoms with Crippen LogP contribution >= 0.6 is 0 Å². The van der Waals surface area contributed by atoms with Gasteiger partial charge in [0, 0.05) is 20.0 Å². The van der Waals surface area contributed by atoms with Gasteiger partial charge in [-0.05, 0) is 55.8 Å². The van der Waals surface area contributed by atoms with Crippen LogP contribution in [0.25, 0.3) is 0 Å². The van der Waals surface area contributed by atoms with Gasteiger partial charge in [0.2, 0.25) is 5.91 Å². The van der Waals surface area contributed by atoms with Crippen molar-refractivity contribution in [3.63, 3.8) is 0 Å². The number of carbonyl (C=O) groups excluding carboxylic acids is 1. The van der Waals surface area contributed by atoms with E-state index in [0.29, 0.717) is 18.4 Å². The molecule has 4 rings (SSSR count). The Morgan fingerprint density at radius 1 is 1.33 bits per heavy atom. The van der Waals surface area contributed by atoms with Gasteiger partial charge >= 0.3 is 0 Å². The van der Waals surface area contributed by atoms with Crippen molar-refractivity contribution in [1.29, 1.82) is 0 Å². The van der Waals surface area contributed by atoms with Crippen molar-refractivity contribution >= 4 is 11.7 Å². The van der Waals surface area contributed by atoms with Crippen LogP contribution in [-0.2, 0) is 4.79 Å². The molecule has 0 radical (unpaired) electrons. The number of amides is 1. The second-order valence-corrected chi connectivity index (χ2v) is 8.12. The van der Waals surface area contributed by atoms with Crippen LogP contribution in [0.2, 0.25) is 0 Å². The molecule has 0 saturated heterocycles. The number of rotatable bonds is 4. The van der Waals surface area contributed by atoms with E-state index < -0.39 is 0 Å². The summed E-state index contributed by atoms with van der Waals surface area (Å²) in [4.78, 5) is 14.8. The van der Waals surface area contributed by atoms with Crippen molar-refractivity contribution in [2.75, 3.05) is 13.6 Å². The third-order valence-electron chi connectivity index (χ3n) is 5.99. The predicted molar refractivity (Wildman–Crippen MR) is 80.9 cm³/mol. The summed E-state index contributed by atoms with van der Waals surface area (Å²) in [6.45, 7) is 2.91. The molecular formula is C16H27N3O2. The monoisotopic (exact) mass is 293 g/mol. The first-order valence-corrected chi connectivity index (χ1v) is 8.08. The van der Waals surface area contributed by atoms with Gasteiger partial charge in [0.1, 0.15) is 5.84 Å². The first kappa shape index (κ1) is 14.7. The minimum Gasteiger partial charge on any atom is -0.409 e. The Morgan fingerprint density at radius 2 is 1.95 bits per heavy atom. The van der Waals surface area contributed by atoms with Crippen molar-refractivity contribution in [3.05, 3.63) is 0 Å². The molecule has 0 aromatic carbocycles. The largest absolute Gasteiger partial charge is 0.409 e. The second kappa shape index (κ2) is 4.89. The molecule has 2 unspecified atom stereocenters. The third-order valence-corrected chi connectivity index (χ3v) is 5.99. The standard InChI is InChI=1S/C16H27N3O2/c1-15-6-11-5-12(7-15)9-16(8-11,10-15)14(20)19(2)4-3-13(17)18-21/h11-12,21H,3-10H2,1-2H3,(H2,17,18). The normalized spacial score (nSPS) is 41.3. The van der Waals surface area contributed by atoms with E-state index in [1.54, 1.807) is 4.90 Å². The summed E-state index contributed by atoms with van der Waals surface area (Å²) in [5.41, 5.74) is 5.77. The number of nitrogens with zero attached hydrogens (tertiary/aromatic N) is 2. The van der Waals surface area contributed by atoms with Gasteiger partial charge in [0.25, 0.3) is 0 Å². The molecule has 0 aromatic rings. The molecule has 4 aliphatic rings. The first-order valence-electron chi connectivity index (χ1n) is 8.08. The summed E-state index contributed by atoms with van der Waals surface area (Å²) < 4.78 is 0. The summed E-state index contributed by atoms with van der Waals surface area (Å²) in [5.74, 6) is 1.97. The van der Waals surface area contributed by atoms with E-state index in [9.17, 15) is 4.79 Å². The smallest absolute Gasteiger partial charge is 0.228 e. The lowest BCUT2D eigenvalue weighted by atomic mass is 9.44. The van der Waals surface area contributed by atoms with Crippen molar-refractivity contribution in [1.82, 2.24) is 4.90 Å². The number of oxime groups is 1. The van der Waals surface area contributed by atoms with Gasteiger partial charge in [-0.1, -0.05) is 12.1 Å². The molecule has 0 heterocycles. The molecule has 4 bridgehead atoms. The maximum atomic E-state index is 13.0. The fourth-order valence-electron chi connectivity index (χ4n) is 5.81. The molecule has 4 saturated carbocycles. The first-order chi connectivity index (χ1) is 9.86. The zero-order valence-corrected chi connectivity index (χ0v) is 13.1. The second-order valence-electron chi connectivity index (χ2n) is 8.12. The molecule has 0 spiro atoms. The number of carbonyl (C=O) groups is 1. The average Bonchev–Trinajstić information content (AvgIpc) is 2.40. The lowest BCUT2D eigenvalue weighted by Crippen LogP contribution is -2.57. The van der Waals surface area contributed by atoms with E-state index in [2.05, 4.69) is 12.1 Å². The lowest BCUT2D eigenvalue weighted by molar-refractivity contribution is -0.164. The quantitative estimate of drug-likeness (QED) is 0.361. The topological polar surface area (TPSA) is 78.9 Å². The Morgan fingerprint density at radius 3 is 2.48 bits per heavy atom. The molecule has 4 aliphatic carbocycles. The Hall–Kier alpha value is -1.26. The highest BCUT2D eigenvalue weighted by atomic mass is 16.4. The molecule has 0 aliphatic heterocycles. The van der Waals surface area contributed by atoms with E-state index in [0.717, 1.165) is 31.1 Å². The van der Waals surface area contributed by atoms with Crippen LogP contribution in [0.15, 0.2) is 5.16 Å². The van der Waals surface area contributed by atoms with Crippen LogP contribution in [0.3, 0.4) is 0 Å². The fraction of sp³-hybridized carbons (Fsp3) is 0.875. The van der Waals surface area contributed by atoms with Gasteiger partial charge in [0.05, 0.1) is 5.41 Å². The molecule has 5 heteroatoms. The molecular weight excluding hydrogens is 266 g/mol. The molecule has 1 amide bonds. The molecule has 21 heavy (non-hydrogen) atoms. The van der Waals surface area contributed by atoms with Crippen LogP contribution < -0.4 is 5.73 Å². The van der Waals surface area contributed by atoms with Crippen molar-refractivity contribution in [3.8, 4) is 0 Å². The van der Waals surface area contributed by atoms with Crippen LogP contribution in [0.5, 0.6) is 0 Å². The van der Waals surface area contributed by atoms with E-state index >= 15 is 0 Å². The fourth-order valence-corrected chi connectivity index (χ4v) is 5.81. The van der Waals surface area contributed by atoms with E-state index in [4.69, 9.17) is 10.9 Å². The Balaban J connectivity index is 1.72. The molecule has 5 nitrogen and oxygen atoms in total. The maximum absolute atomic E-state index is 13.0. The highest BCUT2D eigenvalue weighted by Crippen LogP contribution is 2.65. The average molecular weight is 293 g/mol. The van der Waals surface area contributed by atoms with Crippen LogP contribution in [0, 0.1) is 22.7 Å². The van der Waals surface area contributed by atoms with Gasteiger partial charge in [-0.25, -0.2) is 0 Å². The van der Waals surface area contributed by atoms with Crippen molar-refractivity contribution in [2.45, 2.75) is 51.9 Å². The Bertz CT molecular complexity index is 460. The van der Waals surface area contributed by atoms with Crippen LogP contribution in [0.1, 0.15) is 51.9 Å². The Labute approximate surface area is 126 Å². The zero-order chi connectivity index (χ0) is 15.3. The van der Waals surface area contributed by atoms with E-state index in [1.807, 2.05) is 7.05 Å². The number of hydrogen-bond acceptors (Lipinski definition) is 3. The molecule has 4 fully saturated rings. The summed E-state index contributed by atoms with van der Waals surface area (Å²) in [6.07, 6.45) is 7.59. The van der Waals surface area contributed by atoms with Crippen molar-refractivity contribution in [2.24, 2.45) is 33.6 Å². The SMILES string of the molecule is CN(CCC(N)=NO)C(=O)C12CC3CC(CC(C)(C3)C1)C2. The summed E-state index contributed by atoms with van der Waals surface area (Å²) >= 11 is 0. The molecule has 0 aromatic heterocycles. The van der Waals surface area contributed by atoms with Crippen molar-refractivity contribution < 1.29 is 10.0 Å². The summed E-state index contributed by atoms with van der Waals surface area (Å²) in [5, 5.41) is 11.6. The minimum atomic E-state index is -0.126. The summed E-state index contributed by atoms with van der Waals surface area (Å²) in [7, 11) is 1.86. The highest BCUT2D eigenvalue weighted by Gasteiger charge is 2.59.